The number of hydrogen-bond donors (Lipinski definition) is 1. The van der Waals surface area contributed by atoms with Crippen molar-refractivity contribution in [3.05, 3.63) is 53.7 Å². The van der Waals surface area contributed by atoms with Gasteiger partial charge in [0.05, 0.1) is 16.0 Å². The predicted octanol–water partition coefficient (Wildman–Crippen LogP) is 3.17. The van der Waals surface area contributed by atoms with E-state index in [4.69, 9.17) is 4.52 Å². The van der Waals surface area contributed by atoms with Crippen molar-refractivity contribution >= 4 is 32.6 Å². The normalized spacial score (nSPS) is 14.6. The van der Waals surface area contributed by atoms with Crippen LogP contribution in [0.5, 0.6) is 0 Å². The van der Waals surface area contributed by atoms with E-state index in [0.29, 0.717) is 29.7 Å². The van der Waals surface area contributed by atoms with E-state index in [1.807, 2.05) is 19.1 Å². The lowest BCUT2D eigenvalue weighted by atomic mass is 10.2. The number of nitrogens with one attached hydrogen (secondary N) is 1. The zero-order chi connectivity index (χ0) is 19.0. The van der Waals surface area contributed by atoms with Gasteiger partial charge in [0.25, 0.3) is 15.9 Å². The second-order valence-corrected chi connectivity index (χ2v) is 8.29. The van der Waals surface area contributed by atoms with Crippen molar-refractivity contribution in [3.63, 3.8) is 0 Å². The fourth-order valence-corrected chi connectivity index (χ4v) is 4.36. The second-order valence-electron chi connectivity index (χ2n) is 6.61. The number of sulfonamides is 1. The third-order valence-electron chi connectivity index (χ3n) is 4.74. The molecule has 0 bridgehead atoms. The number of benzene rings is 2. The van der Waals surface area contributed by atoms with Gasteiger partial charge >= 0.3 is 0 Å². The summed E-state index contributed by atoms with van der Waals surface area (Å²) in [4.78, 5) is 14.4. The molecule has 1 N–H and O–H groups in total. The highest BCUT2D eigenvalue weighted by Crippen LogP contribution is 2.26. The lowest BCUT2D eigenvalue weighted by molar-refractivity contribution is 0.0784. The Morgan fingerprint density at radius 1 is 1.15 bits per heavy atom. The average molecular weight is 385 g/mol. The molecule has 0 atom stereocenters. The molecule has 27 heavy (non-hydrogen) atoms. The first kappa shape index (κ1) is 17.5. The Balaban J connectivity index is 1.71. The summed E-state index contributed by atoms with van der Waals surface area (Å²) in [6, 6.07) is 11.5. The van der Waals surface area contributed by atoms with E-state index in [1.54, 1.807) is 17.0 Å². The molecule has 0 radical (unpaired) electrons. The smallest absolute Gasteiger partial charge is 0.276 e. The molecule has 1 saturated heterocycles. The van der Waals surface area contributed by atoms with Gasteiger partial charge in [-0.3, -0.25) is 9.52 Å². The van der Waals surface area contributed by atoms with E-state index in [-0.39, 0.29) is 16.5 Å². The molecule has 1 aliphatic heterocycles. The highest BCUT2D eigenvalue weighted by Gasteiger charge is 2.26. The Labute approximate surface area is 157 Å². The fraction of sp³-hybridized carbons (Fsp3) is 0.263. The van der Waals surface area contributed by atoms with Gasteiger partial charge in [0.1, 0.15) is 0 Å². The van der Waals surface area contributed by atoms with Gasteiger partial charge in [-0.15, -0.1) is 0 Å². The van der Waals surface area contributed by atoms with Gasteiger partial charge in [0.15, 0.2) is 11.3 Å². The van der Waals surface area contributed by atoms with Crippen LogP contribution in [-0.4, -0.2) is 37.5 Å². The third-order valence-corrected chi connectivity index (χ3v) is 6.10. The number of carbonyl (C=O) groups excluding carboxylic acids is 1. The molecule has 8 heteroatoms. The second kappa shape index (κ2) is 6.70. The number of carbonyl (C=O) groups is 1. The van der Waals surface area contributed by atoms with Crippen LogP contribution in [0.15, 0.2) is 51.9 Å². The minimum absolute atomic E-state index is 0.0527. The number of fused-ring (bicyclic) bond motifs is 1. The SMILES string of the molecule is Cc1ccccc1NS(=O)(=O)c1ccc2onc(C(=O)N3CCCC3)c2c1. The number of anilines is 1. The number of rotatable bonds is 4. The van der Waals surface area contributed by atoms with E-state index < -0.39 is 10.0 Å². The van der Waals surface area contributed by atoms with Crippen molar-refractivity contribution in [1.82, 2.24) is 10.1 Å². The van der Waals surface area contributed by atoms with Crippen LogP contribution in [0.3, 0.4) is 0 Å². The molecule has 2 aromatic carbocycles. The molecule has 0 aliphatic carbocycles. The van der Waals surface area contributed by atoms with Crippen molar-refractivity contribution in [3.8, 4) is 0 Å². The van der Waals surface area contributed by atoms with E-state index in [2.05, 4.69) is 9.88 Å². The zero-order valence-electron chi connectivity index (χ0n) is 14.8. The highest BCUT2D eigenvalue weighted by molar-refractivity contribution is 7.92. The first-order valence-electron chi connectivity index (χ1n) is 8.73. The molecule has 4 rings (SSSR count). The molecule has 1 fully saturated rings. The Morgan fingerprint density at radius 3 is 2.63 bits per heavy atom. The van der Waals surface area contributed by atoms with Gasteiger partial charge < -0.3 is 9.42 Å². The Morgan fingerprint density at radius 2 is 1.89 bits per heavy atom. The quantitative estimate of drug-likeness (QED) is 0.745. The van der Waals surface area contributed by atoms with Crippen LogP contribution in [0.1, 0.15) is 28.9 Å². The number of para-hydroxylation sites is 1. The zero-order valence-corrected chi connectivity index (χ0v) is 15.6. The largest absolute Gasteiger partial charge is 0.355 e. The Bertz CT molecular complexity index is 1110. The third kappa shape index (κ3) is 3.28. The number of aryl methyl sites for hydroxylation is 1. The minimum atomic E-state index is -3.81. The summed E-state index contributed by atoms with van der Waals surface area (Å²) in [7, 11) is -3.81. The molecular weight excluding hydrogens is 366 g/mol. The Kier molecular flexibility index (Phi) is 4.35. The molecule has 140 valence electrons. The summed E-state index contributed by atoms with van der Waals surface area (Å²) in [6.07, 6.45) is 1.92. The maximum Gasteiger partial charge on any atom is 0.276 e. The molecule has 3 aromatic rings. The van der Waals surface area contributed by atoms with Crippen LogP contribution in [0.25, 0.3) is 11.0 Å². The molecule has 0 spiro atoms. The van der Waals surface area contributed by atoms with Crippen LogP contribution in [0.4, 0.5) is 5.69 Å². The van der Waals surface area contributed by atoms with E-state index >= 15 is 0 Å². The molecule has 1 aromatic heterocycles. The minimum Gasteiger partial charge on any atom is -0.355 e. The van der Waals surface area contributed by atoms with E-state index in [9.17, 15) is 13.2 Å². The van der Waals surface area contributed by atoms with E-state index in [1.165, 1.54) is 18.2 Å². The van der Waals surface area contributed by atoms with Crippen molar-refractivity contribution in [2.45, 2.75) is 24.7 Å². The van der Waals surface area contributed by atoms with Crippen molar-refractivity contribution in [2.75, 3.05) is 17.8 Å². The molecular formula is C19H19N3O4S. The average Bonchev–Trinajstić information content (AvgIpc) is 3.32. The van der Waals surface area contributed by atoms with Gasteiger partial charge in [-0.25, -0.2) is 8.42 Å². The van der Waals surface area contributed by atoms with Crippen LogP contribution in [0.2, 0.25) is 0 Å². The van der Waals surface area contributed by atoms with Crippen molar-refractivity contribution < 1.29 is 17.7 Å². The number of aromatic nitrogens is 1. The number of likely N-dealkylation sites (tertiary alicyclic amines) is 1. The van der Waals surface area contributed by atoms with Gasteiger partial charge in [0.2, 0.25) is 0 Å². The van der Waals surface area contributed by atoms with Gasteiger partial charge in [-0.1, -0.05) is 23.4 Å². The predicted molar refractivity (Wildman–Crippen MR) is 101 cm³/mol. The molecule has 0 unspecified atom stereocenters. The number of nitrogens with zero attached hydrogens (tertiary/aromatic N) is 2. The molecule has 1 amide bonds. The summed E-state index contributed by atoms with van der Waals surface area (Å²) in [5, 5.41) is 4.28. The first-order chi connectivity index (χ1) is 13.0. The van der Waals surface area contributed by atoms with Crippen molar-refractivity contribution in [2.24, 2.45) is 0 Å². The number of amides is 1. The van der Waals surface area contributed by atoms with Crippen LogP contribution in [0, 0.1) is 6.92 Å². The lowest BCUT2D eigenvalue weighted by Crippen LogP contribution is -2.28. The summed E-state index contributed by atoms with van der Waals surface area (Å²) in [5.74, 6) is -0.229. The fourth-order valence-electron chi connectivity index (χ4n) is 3.20. The highest BCUT2D eigenvalue weighted by atomic mass is 32.2. The first-order valence-corrected chi connectivity index (χ1v) is 10.2. The van der Waals surface area contributed by atoms with Crippen LogP contribution in [-0.2, 0) is 10.0 Å². The van der Waals surface area contributed by atoms with E-state index in [0.717, 1.165) is 18.4 Å². The maximum atomic E-state index is 12.8. The van der Waals surface area contributed by atoms with Crippen LogP contribution >= 0.6 is 0 Å². The Hall–Kier alpha value is -2.87. The summed E-state index contributed by atoms with van der Waals surface area (Å²) >= 11 is 0. The number of hydrogen-bond acceptors (Lipinski definition) is 5. The van der Waals surface area contributed by atoms with Crippen molar-refractivity contribution in [1.29, 1.82) is 0 Å². The molecule has 2 heterocycles. The molecule has 0 saturated carbocycles. The lowest BCUT2D eigenvalue weighted by Gasteiger charge is -2.13. The van der Waals surface area contributed by atoms with Gasteiger partial charge in [-0.05, 0) is 49.6 Å². The maximum absolute atomic E-state index is 12.8. The summed E-state index contributed by atoms with van der Waals surface area (Å²) in [5.41, 5.74) is 1.86. The topological polar surface area (TPSA) is 92.5 Å². The van der Waals surface area contributed by atoms with Crippen LogP contribution < -0.4 is 4.72 Å². The van der Waals surface area contributed by atoms with Gasteiger partial charge in [-0.2, -0.15) is 0 Å². The summed E-state index contributed by atoms with van der Waals surface area (Å²) in [6.45, 7) is 3.19. The van der Waals surface area contributed by atoms with Gasteiger partial charge in [0, 0.05) is 13.1 Å². The summed E-state index contributed by atoms with van der Waals surface area (Å²) < 4.78 is 33.4. The molecule has 1 aliphatic rings. The standard InChI is InChI=1S/C19H19N3O4S/c1-13-6-2-3-7-16(13)21-27(24,25)14-8-9-17-15(12-14)18(20-26-17)19(23)22-10-4-5-11-22/h2-3,6-9,12,21H,4-5,10-11H2,1H3. The monoisotopic (exact) mass is 385 g/mol. The molecule has 7 nitrogen and oxygen atoms in total.